The number of H-pyrrole nitrogens is 2. The first-order valence-electron chi connectivity index (χ1n) is 19.3. The van der Waals surface area contributed by atoms with Crippen molar-refractivity contribution in [1.82, 2.24) is 19.8 Å². The number of para-hydroxylation sites is 1. The average molecular weight is 705 g/mol. The smallest absolute Gasteiger partial charge is 0.319 e. The average Bonchev–Trinajstić information content (AvgIpc) is 3.69. The number of ether oxygens (including phenoxy) is 3. The fourth-order valence-electron chi connectivity index (χ4n) is 12.1. The van der Waals surface area contributed by atoms with Gasteiger partial charge in [-0.05, 0) is 93.2 Å². The molecule has 4 fully saturated rings. The Morgan fingerprint density at radius 2 is 1.85 bits per heavy atom. The van der Waals surface area contributed by atoms with Crippen LogP contribution in [0.5, 0.6) is 5.75 Å². The molecule has 10 rings (SSSR count). The number of methoxy groups -OCH3 is 3. The topological polar surface area (TPSA) is 99.9 Å². The standard InChI is InChI=1S/C43H52N4O5/c1-7-24-15-23-20-43(42(49)52-6)39-27(13-14-47(21-23)40(24)43)29-19-36(50-4)30(17-34(29)45-39)31-16-28-25(8-2)22-46(3)35(37(28)41(48)51-5)18-32-26-11-9-10-12-33(26)44-38(31)32/h8-12,17,19,23-24,28,31,35,37,40,44-45H,7,13-16,18,20-22H2,1-6H3/t23?,24?,28?,31?,35?,37?,40?,43-/m1/s1. The van der Waals surface area contributed by atoms with Crippen LogP contribution in [0, 0.1) is 23.7 Å². The summed E-state index contributed by atoms with van der Waals surface area (Å²) in [5.74, 6) is 1.11. The Balaban J connectivity index is 1.27. The summed E-state index contributed by atoms with van der Waals surface area (Å²) in [5, 5.41) is 2.32. The van der Waals surface area contributed by atoms with Gasteiger partial charge in [-0.3, -0.25) is 19.4 Å². The number of aromatic amines is 2. The summed E-state index contributed by atoms with van der Waals surface area (Å²) in [6.07, 6.45) is 7.59. The molecule has 2 aromatic heterocycles. The summed E-state index contributed by atoms with van der Waals surface area (Å²) in [5.41, 5.74) is 8.48. The van der Waals surface area contributed by atoms with E-state index in [1.54, 1.807) is 14.2 Å². The zero-order valence-electron chi connectivity index (χ0n) is 31.4. The number of likely N-dealkylation sites (tertiary alicyclic amines) is 1. The molecule has 274 valence electrons. The van der Waals surface area contributed by atoms with Gasteiger partial charge in [-0.2, -0.15) is 0 Å². The molecule has 9 nitrogen and oxygen atoms in total. The molecule has 0 radical (unpaired) electrons. The summed E-state index contributed by atoms with van der Waals surface area (Å²) in [4.78, 5) is 40.8. The van der Waals surface area contributed by atoms with Crippen molar-refractivity contribution in [3.63, 3.8) is 0 Å². The van der Waals surface area contributed by atoms with Crippen molar-refractivity contribution < 1.29 is 23.8 Å². The first kappa shape index (κ1) is 33.7. The molecule has 4 aromatic rings. The number of benzene rings is 2. The Morgan fingerprint density at radius 3 is 2.60 bits per heavy atom. The molecule has 8 unspecified atom stereocenters. The summed E-state index contributed by atoms with van der Waals surface area (Å²) in [6.45, 7) is 7.17. The largest absolute Gasteiger partial charge is 0.496 e. The number of fused-ring (bicyclic) bond motifs is 9. The molecule has 2 aliphatic carbocycles. The summed E-state index contributed by atoms with van der Waals surface area (Å²) < 4.78 is 17.6. The van der Waals surface area contributed by atoms with Gasteiger partial charge in [0.05, 0.1) is 27.2 Å². The molecule has 1 saturated carbocycles. The van der Waals surface area contributed by atoms with E-state index in [9.17, 15) is 9.59 Å². The Morgan fingerprint density at radius 1 is 1.02 bits per heavy atom. The number of carbonyl (C=O) groups is 2. The number of aromatic nitrogens is 2. The number of likely N-dealkylation sites (N-methyl/N-ethyl adjacent to an activating group) is 1. The van der Waals surface area contributed by atoms with Crippen LogP contribution >= 0.6 is 0 Å². The maximum Gasteiger partial charge on any atom is 0.319 e. The lowest BCUT2D eigenvalue weighted by atomic mass is 9.56. The van der Waals surface area contributed by atoms with Gasteiger partial charge in [0.1, 0.15) is 11.2 Å². The Bertz CT molecular complexity index is 2110. The molecule has 9 heteroatoms. The SMILES string of the molecule is CC=C1CN(C)C2Cc3c([nH]c4ccccc34)C(c3cc4[nH]c5c(c4cc3OC)CCN3CC4CC(CC)C3[C@@]5(C(=O)OC)C4)CC1C2C(=O)OC. The van der Waals surface area contributed by atoms with Crippen molar-refractivity contribution in [3.8, 4) is 5.75 Å². The maximum atomic E-state index is 14.2. The number of hydrogen-bond donors (Lipinski definition) is 2. The zero-order valence-corrected chi connectivity index (χ0v) is 31.4. The van der Waals surface area contributed by atoms with E-state index in [0.717, 1.165) is 85.2 Å². The highest BCUT2D eigenvalue weighted by molar-refractivity contribution is 5.93. The van der Waals surface area contributed by atoms with E-state index in [-0.39, 0.29) is 41.8 Å². The Kier molecular flexibility index (Phi) is 8.12. The molecule has 52 heavy (non-hydrogen) atoms. The molecule has 2 N–H and O–H groups in total. The van der Waals surface area contributed by atoms with Gasteiger partial charge in [-0.1, -0.05) is 43.2 Å². The molecule has 4 aliphatic heterocycles. The number of piperidine rings is 3. The van der Waals surface area contributed by atoms with E-state index in [1.807, 2.05) is 0 Å². The van der Waals surface area contributed by atoms with Gasteiger partial charge in [0.2, 0.25) is 0 Å². The van der Waals surface area contributed by atoms with Crippen LogP contribution in [-0.4, -0.2) is 91.8 Å². The highest BCUT2D eigenvalue weighted by atomic mass is 16.5. The van der Waals surface area contributed by atoms with Gasteiger partial charge in [0.15, 0.2) is 0 Å². The van der Waals surface area contributed by atoms with Crippen molar-refractivity contribution in [2.45, 2.75) is 75.8 Å². The van der Waals surface area contributed by atoms with Gasteiger partial charge in [-0.25, -0.2) is 0 Å². The van der Waals surface area contributed by atoms with Crippen molar-refractivity contribution in [1.29, 1.82) is 0 Å². The zero-order chi connectivity index (χ0) is 36.1. The molecule has 2 aromatic carbocycles. The van der Waals surface area contributed by atoms with E-state index in [0.29, 0.717) is 11.8 Å². The number of rotatable bonds is 5. The third-order valence-corrected chi connectivity index (χ3v) is 14.1. The van der Waals surface area contributed by atoms with Gasteiger partial charge < -0.3 is 24.2 Å². The monoisotopic (exact) mass is 704 g/mol. The first-order valence-corrected chi connectivity index (χ1v) is 19.3. The molecule has 0 spiro atoms. The van der Waals surface area contributed by atoms with Crippen LogP contribution in [0.4, 0.5) is 0 Å². The lowest BCUT2D eigenvalue weighted by Crippen LogP contribution is -2.67. The second kappa shape index (κ2) is 12.5. The first-order chi connectivity index (χ1) is 25.3. The van der Waals surface area contributed by atoms with Gasteiger partial charge in [0, 0.05) is 76.4 Å². The Labute approximate surface area is 306 Å². The van der Waals surface area contributed by atoms with E-state index >= 15 is 0 Å². The third kappa shape index (κ3) is 4.67. The molecular formula is C43H52N4O5. The van der Waals surface area contributed by atoms with Crippen LogP contribution < -0.4 is 4.74 Å². The number of hydrogen-bond acceptors (Lipinski definition) is 7. The Hall–Kier alpha value is -4.08. The van der Waals surface area contributed by atoms with E-state index in [4.69, 9.17) is 14.2 Å². The number of nitrogens with one attached hydrogen (secondary N) is 2. The lowest BCUT2D eigenvalue weighted by Gasteiger charge is -2.57. The molecule has 6 aliphatic rings. The molecule has 0 amide bonds. The fourth-order valence-corrected chi connectivity index (χ4v) is 12.1. The third-order valence-electron chi connectivity index (χ3n) is 14.1. The van der Waals surface area contributed by atoms with Crippen LogP contribution in [0.15, 0.2) is 48.0 Å². The number of allylic oxidation sites excluding steroid dienone is 1. The number of esters is 2. The quantitative estimate of drug-likeness (QED) is 0.181. The molecule has 6 bridgehead atoms. The second-order valence-electron chi connectivity index (χ2n) is 16.3. The summed E-state index contributed by atoms with van der Waals surface area (Å²) in [7, 11) is 6.99. The minimum Gasteiger partial charge on any atom is -0.496 e. The van der Waals surface area contributed by atoms with Crippen LogP contribution in [0.2, 0.25) is 0 Å². The highest BCUT2D eigenvalue weighted by Crippen LogP contribution is 2.56. The predicted octanol–water partition coefficient (Wildman–Crippen LogP) is 6.49. The number of nitrogens with zero attached hydrogens (tertiary/aromatic N) is 2. The minimum absolute atomic E-state index is 0.00122. The predicted molar refractivity (Wildman–Crippen MR) is 202 cm³/mol. The molecule has 9 atom stereocenters. The van der Waals surface area contributed by atoms with E-state index in [1.165, 1.54) is 41.3 Å². The van der Waals surface area contributed by atoms with Gasteiger partial charge in [-0.15, -0.1) is 0 Å². The lowest BCUT2D eigenvalue weighted by molar-refractivity contribution is -0.162. The normalized spacial score (nSPS) is 33.2. The van der Waals surface area contributed by atoms with Crippen molar-refractivity contribution in [3.05, 3.63) is 76.1 Å². The van der Waals surface area contributed by atoms with Gasteiger partial charge in [0.25, 0.3) is 0 Å². The molecule has 6 heterocycles. The van der Waals surface area contributed by atoms with Crippen LogP contribution in [0.25, 0.3) is 21.8 Å². The maximum absolute atomic E-state index is 14.2. The molecular weight excluding hydrogens is 652 g/mol. The summed E-state index contributed by atoms with van der Waals surface area (Å²) >= 11 is 0. The minimum atomic E-state index is -0.725. The van der Waals surface area contributed by atoms with E-state index < -0.39 is 5.41 Å². The van der Waals surface area contributed by atoms with Crippen LogP contribution in [0.3, 0.4) is 0 Å². The van der Waals surface area contributed by atoms with Crippen LogP contribution in [0.1, 0.15) is 73.5 Å². The van der Waals surface area contributed by atoms with Crippen molar-refractivity contribution in [2.75, 3.05) is 48.0 Å². The van der Waals surface area contributed by atoms with Crippen LogP contribution in [-0.2, 0) is 37.3 Å². The number of carbonyl (C=O) groups excluding carboxylic acids is 2. The fraction of sp³-hybridized carbons (Fsp3) is 0.535. The van der Waals surface area contributed by atoms with Gasteiger partial charge >= 0.3 is 11.9 Å². The van der Waals surface area contributed by atoms with E-state index in [2.05, 4.69) is 83.1 Å². The summed E-state index contributed by atoms with van der Waals surface area (Å²) in [6, 6.07) is 13.2. The molecule has 3 saturated heterocycles. The second-order valence-corrected chi connectivity index (χ2v) is 16.3. The highest BCUT2D eigenvalue weighted by Gasteiger charge is 2.62. The van der Waals surface area contributed by atoms with Crippen molar-refractivity contribution >= 4 is 33.7 Å². The van der Waals surface area contributed by atoms with Crippen molar-refractivity contribution in [2.24, 2.45) is 23.7 Å².